The lowest BCUT2D eigenvalue weighted by molar-refractivity contribution is 0.508. The number of anilines is 1. The third kappa shape index (κ3) is 2.38. The lowest BCUT2D eigenvalue weighted by Crippen LogP contribution is -2.14. The molecular formula is C12H13FN4O2S. The van der Waals surface area contributed by atoms with Gasteiger partial charge in [-0.1, -0.05) is 0 Å². The molecule has 0 amide bonds. The normalized spacial score (nSPS) is 21.1. The van der Waals surface area contributed by atoms with Gasteiger partial charge >= 0.3 is 0 Å². The first kappa shape index (κ1) is 13.0. The van der Waals surface area contributed by atoms with E-state index in [0.29, 0.717) is 23.5 Å². The molecule has 0 radical (unpaired) electrons. The van der Waals surface area contributed by atoms with Crippen molar-refractivity contribution in [3.63, 3.8) is 0 Å². The number of aromatic nitrogens is 3. The van der Waals surface area contributed by atoms with E-state index in [1.807, 2.05) is 0 Å². The highest BCUT2D eigenvalue weighted by Crippen LogP contribution is 2.28. The molecule has 0 spiro atoms. The van der Waals surface area contributed by atoms with Crippen LogP contribution in [0.15, 0.2) is 24.5 Å². The van der Waals surface area contributed by atoms with Crippen LogP contribution in [-0.2, 0) is 9.84 Å². The number of hydrogen-bond acceptors (Lipinski definition) is 5. The fourth-order valence-electron chi connectivity index (χ4n) is 2.36. The summed E-state index contributed by atoms with van der Waals surface area (Å²) in [5.74, 6) is 0.0958. The summed E-state index contributed by atoms with van der Waals surface area (Å²) in [7, 11) is -3.01. The summed E-state index contributed by atoms with van der Waals surface area (Å²) in [4.78, 5) is 3.76. The van der Waals surface area contributed by atoms with E-state index in [-0.39, 0.29) is 17.5 Å². The Morgan fingerprint density at radius 2 is 2.15 bits per heavy atom. The molecule has 1 unspecified atom stereocenters. The van der Waals surface area contributed by atoms with Crippen LogP contribution < -0.4 is 5.73 Å². The van der Waals surface area contributed by atoms with Crippen LogP contribution in [-0.4, -0.2) is 34.7 Å². The zero-order valence-electron chi connectivity index (χ0n) is 10.5. The highest BCUT2D eigenvalue weighted by molar-refractivity contribution is 7.91. The molecule has 0 aromatic carbocycles. The van der Waals surface area contributed by atoms with Gasteiger partial charge in [-0.2, -0.15) is 5.10 Å². The maximum absolute atomic E-state index is 13.2. The quantitative estimate of drug-likeness (QED) is 0.893. The van der Waals surface area contributed by atoms with Gasteiger partial charge in [-0.25, -0.2) is 17.5 Å². The Morgan fingerprint density at radius 1 is 1.35 bits per heavy atom. The van der Waals surface area contributed by atoms with Crippen molar-refractivity contribution in [2.45, 2.75) is 12.5 Å². The van der Waals surface area contributed by atoms with Crippen LogP contribution in [0.2, 0.25) is 0 Å². The van der Waals surface area contributed by atoms with Crippen molar-refractivity contribution in [3.8, 4) is 11.3 Å². The SMILES string of the molecule is Nc1cc(-c2cncc(F)c2)nn1C1CCS(=O)(=O)C1. The zero-order valence-corrected chi connectivity index (χ0v) is 11.3. The molecule has 2 aromatic heterocycles. The second kappa shape index (κ2) is 4.55. The van der Waals surface area contributed by atoms with Crippen molar-refractivity contribution in [2.75, 3.05) is 17.2 Å². The number of sulfone groups is 1. The molecule has 1 fully saturated rings. The molecule has 1 aliphatic heterocycles. The lowest BCUT2D eigenvalue weighted by Gasteiger charge is -2.09. The molecule has 0 bridgehead atoms. The number of rotatable bonds is 2. The molecule has 20 heavy (non-hydrogen) atoms. The summed E-state index contributed by atoms with van der Waals surface area (Å²) in [5.41, 5.74) is 6.87. The molecule has 1 aliphatic rings. The lowest BCUT2D eigenvalue weighted by atomic mass is 10.2. The van der Waals surface area contributed by atoms with Crippen LogP contribution in [0.25, 0.3) is 11.3 Å². The Kier molecular flexibility index (Phi) is 2.97. The van der Waals surface area contributed by atoms with Crippen LogP contribution >= 0.6 is 0 Å². The maximum atomic E-state index is 13.2. The van der Waals surface area contributed by atoms with Gasteiger partial charge in [0.1, 0.15) is 11.6 Å². The maximum Gasteiger partial charge on any atom is 0.152 e. The molecule has 2 aromatic rings. The predicted octanol–water partition coefficient (Wildman–Crippen LogP) is 1.03. The predicted molar refractivity (Wildman–Crippen MR) is 72.1 cm³/mol. The molecule has 0 saturated carbocycles. The van der Waals surface area contributed by atoms with Crippen LogP contribution in [0.1, 0.15) is 12.5 Å². The molecular weight excluding hydrogens is 283 g/mol. The van der Waals surface area contributed by atoms with Gasteiger partial charge in [0.2, 0.25) is 0 Å². The molecule has 3 heterocycles. The minimum absolute atomic E-state index is 0.0414. The number of nitrogen functional groups attached to an aromatic ring is 1. The van der Waals surface area contributed by atoms with E-state index < -0.39 is 15.7 Å². The molecule has 106 valence electrons. The summed E-state index contributed by atoms with van der Waals surface area (Å²) in [6.07, 6.45) is 3.09. The highest BCUT2D eigenvalue weighted by Gasteiger charge is 2.31. The van der Waals surface area contributed by atoms with Crippen molar-refractivity contribution in [1.82, 2.24) is 14.8 Å². The molecule has 3 rings (SSSR count). The van der Waals surface area contributed by atoms with Crippen LogP contribution in [0, 0.1) is 5.82 Å². The Labute approximate surface area is 115 Å². The van der Waals surface area contributed by atoms with Crippen molar-refractivity contribution in [3.05, 3.63) is 30.3 Å². The Bertz CT molecular complexity index is 757. The van der Waals surface area contributed by atoms with Gasteiger partial charge in [0.15, 0.2) is 9.84 Å². The smallest absolute Gasteiger partial charge is 0.152 e. The third-order valence-electron chi connectivity index (χ3n) is 3.32. The van der Waals surface area contributed by atoms with E-state index in [1.165, 1.54) is 16.9 Å². The number of hydrogen-bond donors (Lipinski definition) is 1. The molecule has 1 saturated heterocycles. The average Bonchev–Trinajstić information content (AvgIpc) is 2.92. The first-order valence-electron chi connectivity index (χ1n) is 6.11. The van der Waals surface area contributed by atoms with Crippen LogP contribution in [0.3, 0.4) is 0 Å². The second-order valence-corrected chi connectivity index (χ2v) is 7.08. The van der Waals surface area contributed by atoms with Gasteiger partial charge in [0.05, 0.1) is 29.4 Å². The zero-order chi connectivity index (χ0) is 14.3. The van der Waals surface area contributed by atoms with E-state index in [0.717, 1.165) is 6.20 Å². The van der Waals surface area contributed by atoms with Gasteiger partial charge < -0.3 is 5.73 Å². The minimum Gasteiger partial charge on any atom is -0.384 e. The van der Waals surface area contributed by atoms with Crippen molar-refractivity contribution >= 4 is 15.7 Å². The van der Waals surface area contributed by atoms with Crippen LogP contribution in [0.4, 0.5) is 10.2 Å². The highest BCUT2D eigenvalue weighted by atomic mass is 32.2. The van der Waals surface area contributed by atoms with Gasteiger partial charge in [-0.15, -0.1) is 0 Å². The topological polar surface area (TPSA) is 90.9 Å². The fraction of sp³-hybridized carbons (Fsp3) is 0.333. The van der Waals surface area contributed by atoms with E-state index in [2.05, 4.69) is 10.1 Å². The van der Waals surface area contributed by atoms with E-state index in [1.54, 1.807) is 6.07 Å². The second-order valence-electron chi connectivity index (χ2n) is 4.85. The monoisotopic (exact) mass is 296 g/mol. The molecule has 1 atom stereocenters. The van der Waals surface area contributed by atoms with E-state index in [4.69, 9.17) is 5.73 Å². The number of pyridine rings is 1. The molecule has 8 heteroatoms. The van der Waals surface area contributed by atoms with Crippen LogP contribution in [0.5, 0.6) is 0 Å². The van der Waals surface area contributed by atoms with Gasteiger partial charge in [-0.3, -0.25) is 4.98 Å². The largest absolute Gasteiger partial charge is 0.384 e. The Balaban J connectivity index is 1.96. The van der Waals surface area contributed by atoms with Crippen molar-refractivity contribution < 1.29 is 12.8 Å². The molecule has 6 nitrogen and oxygen atoms in total. The number of nitrogens with zero attached hydrogens (tertiary/aromatic N) is 3. The van der Waals surface area contributed by atoms with Gasteiger partial charge in [0.25, 0.3) is 0 Å². The summed E-state index contributed by atoms with van der Waals surface area (Å²) in [5, 5.41) is 4.29. The van der Waals surface area contributed by atoms with Crippen molar-refractivity contribution in [1.29, 1.82) is 0 Å². The number of nitrogens with two attached hydrogens (primary N) is 1. The average molecular weight is 296 g/mol. The minimum atomic E-state index is -3.01. The van der Waals surface area contributed by atoms with E-state index in [9.17, 15) is 12.8 Å². The molecule has 2 N–H and O–H groups in total. The first-order chi connectivity index (χ1) is 9.44. The van der Waals surface area contributed by atoms with E-state index >= 15 is 0 Å². The van der Waals surface area contributed by atoms with Gasteiger partial charge in [-0.05, 0) is 12.5 Å². The molecule has 0 aliphatic carbocycles. The summed E-state index contributed by atoms with van der Waals surface area (Å²) < 4.78 is 37.7. The third-order valence-corrected chi connectivity index (χ3v) is 5.07. The summed E-state index contributed by atoms with van der Waals surface area (Å²) >= 11 is 0. The number of halogens is 1. The first-order valence-corrected chi connectivity index (χ1v) is 7.93. The summed E-state index contributed by atoms with van der Waals surface area (Å²) in [6.45, 7) is 0. The van der Waals surface area contributed by atoms with Crippen molar-refractivity contribution in [2.24, 2.45) is 0 Å². The fourth-order valence-corrected chi connectivity index (χ4v) is 4.05. The summed E-state index contributed by atoms with van der Waals surface area (Å²) in [6, 6.07) is 2.65. The Hall–Kier alpha value is -1.96. The van der Waals surface area contributed by atoms with Gasteiger partial charge in [0, 0.05) is 17.8 Å². The Morgan fingerprint density at radius 3 is 2.80 bits per heavy atom. The standard InChI is InChI=1S/C12H13FN4O2S/c13-9-3-8(5-15-6-9)11-4-12(14)17(16-11)10-1-2-20(18,19)7-10/h3-6,10H,1-2,7,14H2.